The number of aromatic nitrogens is 4. The second-order valence-electron chi connectivity index (χ2n) is 7.70. The van der Waals surface area contributed by atoms with Crippen LogP contribution in [-0.2, 0) is 16.6 Å². The van der Waals surface area contributed by atoms with Crippen molar-refractivity contribution in [1.82, 2.24) is 29.1 Å². The zero-order chi connectivity index (χ0) is 20.6. The van der Waals surface area contributed by atoms with Crippen molar-refractivity contribution in [2.24, 2.45) is 0 Å². The van der Waals surface area contributed by atoms with Gasteiger partial charge < -0.3 is 9.55 Å². The van der Waals surface area contributed by atoms with Crippen LogP contribution in [0.25, 0.3) is 22.1 Å². The zero-order valence-corrected chi connectivity index (χ0v) is 17.4. The van der Waals surface area contributed by atoms with E-state index in [1.54, 1.807) is 6.20 Å². The summed E-state index contributed by atoms with van der Waals surface area (Å²) in [5, 5.41) is 9.96. The zero-order valence-electron chi connectivity index (χ0n) is 16.6. The molecule has 1 fully saturated rings. The summed E-state index contributed by atoms with van der Waals surface area (Å²) in [5.41, 5.74) is 2.55. The molecule has 1 aliphatic rings. The number of likely N-dealkylation sites (tertiary alicyclic amines) is 1. The van der Waals surface area contributed by atoms with E-state index in [0.29, 0.717) is 12.2 Å². The van der Waals surface area contributed by atoms with Crippen molar-refractivity contribution in [3.05, 3.63) is 24.3 Å². The number of rotatable bonds is 6. The molecule has 2 N–H and O–H groups in total. The maximum absolute atomic E-state index is 11.7. The van der Waals surface area contributed by atoms with E-state index in [1.165, 1.54) is 0 Å². The van der Waals surface area contributed by atoms with Crippen molar-refractivity contribution < 1.29 is 8.42 Å². The molecule has 1 saturated heterocycles. The summed E-state index contributed by atoms with van der Waals surface area (Å²) in [4.78, 5) is 14.6. The Kier molecular flexibility index (Phi) is 5.29. The van der Waals surface area contributed by atoms with Gasteiger partial charge in [-0.1, -0.05) is 0 Å². The predicted molar refractivity (Wildman–Crippen MR) is 111 cm³/mol. The van der Waals surface area contributed by atoms with Crippen LogP contribution in [0.3, 0.4) is 0 Å². The summed E-state index contributed by atoms with van der Waals surface area (Å²) >= 11 is 0. The van der Waals surface area contributed by atoms with Gasteiger partial charge in [0.05, 0.1) is 37.0 Å². The first-order valence-electron chi connectivity index (χ1n) is 9.76. The van der Waals surface area contributed by atoms with E-state index in [-0.39, 0.29) is 18.6 Å². The van der Waals surface area contributed by atoms with E-state index in [0.717, 1.165) is 54.3 Å². The highest BCUT2D eigenvalue weighted by atomic mass is 32.2. The molecule has 154 valence electrons. The van der Waals surface area contributed by atoms with Gasteiger partial charge in [-0.15, -0.1) is 0 Å². The van der Waals surface area contributed by atoms with Gasteiger partial charge in [0.25, 0.3) is 0 Å². The maximum atomic E-state index is 11.7. The Morgan fingerprint density at radius 3 is 2.86 bits per heavy atom. The van der Waals surface area contributed by atoms with Crippen molar-refractivity contribution in [1.29, 1.82) is 5.26 Å². The Bertz CT molecular complexity index is 1170. The van der Waals surface area contributed by atoms with Gasteiger partial charge in [0.1, 0.15) is 17.0 Å². The molecule has 1 aliphatic heterocycles. The fraction of sp³-hybridized carbons (Fsp3) is 0.526. The highest BCUT2D eigenvalue weighted by Gasteiger charge is 2.27. The minimum Gasteiger partial charge on any atom is -0.346 e. The maximum Gasteiger partial charge on any atom is 0.209 e. The molecule has 0 bridgehead atoms. The van der Waals surface area contributed by atoms with Gasteiger partial charge in [-0.2, -0.15) is 5.26 Å². The predicted octanol–water partition coefficient (Wildman–Crippen LogP) is 1.90. The molecule has 3 aromatic heterocycles. The van der Waals surface area contributed by atoms with Crippen LogP contribution in [-0.4, -0.2) is 58.2 Å². The summed E-state index contributed by atoms with van der Waals surface area (Å²) in [7, 11) is -3.33. The molecule has 4 heterocycles. The smallest absolute Gasteiger partial charge is 0.209 e. The molecular formula is C19H25N7O2S. The lowest BCUT2D eigenvalue weighted by Gasteiger charge is -2.36. The molecule has 0 amide bonds. The highest BCUT2D eigenvalue weighted by molar-refractivity contribution is 7.88. The summed E-state index contributed by atoms with van der Waals surface area (Å²) in [6.45, 7) is 4.03. The van der Waals surface area contributed by atoms with Crippen LogP contribution in [0.1, 0.15) is 38.1 Å². The fourth-order valence-corrected chi connectivity index (χ4v) is 4.59. The second-order valence-corrected chi connectivity index (χ2v) is 9.53. The first-order valence-corrected chi connectivity index (χ1v) is 11.6. The number of nitrogens with zero attached hydrogens (tertiary/aromatic N) is 5. The third kappa shape index (κ3) is 3.99. The lowest BCUT2D eigenvalue weighted by atomic mass is 10.0. The number of nitrogens with one attached hydrogen (secondary N) is 2. The Hall–Kier alpha value is -2.48. The van der Waals surface area contributed by atoms with Gasteiger partial charge in [-0.05, 0) is 25.8 Å². The third-order valence-corrected chi connectivity index (χ3v) is 6.34. The van der Waals surface area contributed by atoms with Crippen LogP contribution >= 0.6 is 0 Å². The Balaban J connectivity index is 1.71. The SMILES string of the molecule is CC(CC#N)N1CCC(n2c(CNS(C)(=O)=O)nc3cnc4[nH]ccc4c32)CC1. The molecule has 1 unspecified atom stereocenters. The van der Waals surface area contributed by atoms with Gasteiger partial charge in [-0.25, -0.2) is 23.1 Å². The van der Waals surface area contributed by atoms with Crippen LogP contribution in [0, 0.1) is 11.3 Å². The minimum atomic E-state index is -3.33. The standard InChI is InChI=1S/C19H25N7O2S/c1-13(3-7-20)25-9-5-14(6-10-25)26-17(12-23-29(2,27)28)24-16-11-22-19-15(18(16)26)4-8-21-19/h4,8,11,13-14,23H,3,5-6,9-10,12H2,1-2H3,(H,21,22). The molecule has 1 atom stereocenters. The molecule has 29 heavy (non-hydrogen) atoms. The van der Waals surface area contributed by atoms with E-state index in [2.05, 4.69) is 37.2 Å². The quantitative estimate of drug-likeness (QED) is 0.634. The number of hydrogen-bond donors (Lipinski definition) is 2. The first kappa shape index (κ1) is 19.8. The second kappa shape index (κ2) is 7.74. The van der Waals surface area contributed by atoms with Crippen molar-refractivity contribution >= 4 is 32.1 Å². The van der Waals surface area contributed by atoms with Crippen LogP contribution in [0.15, 0.2) is 18.5 Å². The van der Waals surface area contributed by atoms with E-state index < -0.39 is 10.0 Å². The third-order valence-electron chi connectivity index (χ3n) is 5.67. The molecule has 0 radical (unpaired) electrons. The van der Waals surface area contributed by atoms with Crippen LogP contribution in [0.4, 0.5) is 0 Å². The number of piperidine rings is 1. The van der Waals surface area contributed by atoms with E-state index in [1.807, 2.05) is 12.3 Å². The van der Waals surface area contributed by atoms with Crippen LogP contribution < -0.4 is 4.72 Å². The summed E-state index contributed by atoms with van der Waals surface area (Å²) in [6, 6.07) is 4.69. The molecule has 0 saturated carbocycles. The molecule has 0 aliphatic carbocycles. The number of pyridine rings is 1. The number of sulfonamides is 1. The Morgan fingerprint density at radius 2 is 2.17 bits per heavy atom. The van der Waals surface area contributed by atoms with Gasteiger partial charge in [0, 0.05) is 36.8 Å². The number of imidazole rings is 1. The summed E-state index contributed by atoms with van der Waals surface area (Å²) < 4.78 is 28.1. The van der Waals surface area contributed by atoms with E-state index in [4.69, 9.17) is 10.2 Å². The van der Waals surface area contributed by atoms with E-state index >= 15 is 0 Å². The monoisotopic (exact) mass is 415 g/mol. The van der Waals surface area contributed by atoms with Crippen LogP contribution in [0.2, 0.25) is 0 Å². The Labute approximate surface area is 169 Å². The molecule has 3 aromatic rings. The number of hydrogen-bond acceptors (Lipinski definition) is 6. The largest absolute Gasteiger partial charge is 0.346 e. The molecule has 0 aromatic carbocycles. The Morgan fingerprint density at radius 1 is 1.41 bits per heavy atom. The normalized spacial score (nSPS) is 17.7. The average molecular weight is 416 g/mol. The molecule has 4 rings (SSSR count). The van der Waals surface area contributed by atoms with Gasteiger partial charge >= 0.3 is 0 Å². The minimum absolute atomic E-state index is 0.143. The van der Waals surface area contributed by atoms with Crippen molar-refractivity contribution in [3.8, 4) is 6.07 Å². The van der Waals surface area contributed by atoms with Crippen LogP contribution in [0.5, 0.6) is 0 Å². The van der Waals surface area contributed by atoms with Gasteiger partial charge in [0.2, 0.25) is 10.0 Å². The lowest BCUT2D eigenvalue weighted by Crippen LogP contribution is -2.40. The van der Waals surface area contributed by atoms with Gasteiger partial charge in [-0.3, -0.25) is 4.90 Å². The first-order chi connectivity index (χ1) is 13.9. The molecule has 0 spiro atoms. The average Bonchev–Trinajstić information content (AvgIpc) is 3.30. The molecule has 9 nitrogen and oxygen atoms in total. The number of aromatic amines is 1. The summed E-state index contributed by atoms with van der Waals surface area (Å²) in [6.07, 6.45) is 7.11. The van der Waals surface area contributed by atoms with Crippen molar-refractivity contribution in [2.75, 3.05) is 19.3 Å². The van der Waals surface area contributed by atoms with Crippen molar-refractivity contribution in [3.63, 3.8) is 0 Å². The topological polar surface area (TPSA) is 120 Å². The summed E-state index contributed by atoms with van der Waals surface area (Å²) in [5.74, 6) is 0.699. The number of nitriles is 1. The molecule has 10 heteroatoms. The van der Waals surface area contributed by atoms with E-state index in [9.17, 15) is 8.42 Å². The number of fused-ring (bicyclic) bond motifs is 3. The lowest BCUT2D eigenvalue weighted by molar-refractivity contribution is 0.145. The van der Waals surface area contributed by atoms with Crippen molar-refractivity contribution in [2.45, 2.75) is 44.8 Å². The number of H-pyrrole nitrogens is 1. The fourth-order valence-electron chi connectivity index (χ4n) is 4.20. The molecular weight excluding hydrogens is 390 g/mol. The highest BCUT2D eigenvalue weighted by Crippen LogP contribution is 2.32. The van der Waals surface area contributed by atoms with Gasteiger partial charge in [0.15, 0.2) is 0 Å².